The van der Waals surface area contributed by atoms with Crippen LogP contribution in [0.5, 0.6) is 5.75 Å². The number of nitrogens with one attached hydrogen (secondary N) is 1. The lowest BCUT2D eigenvalue weighted by Crippen LogP contribution is -2.22. The Morgan fingerprint density at radius 3 is 2.96 bits per heavy atom. The number of para-hydroxylation sites is 1. The summed E-state index contributed by atoms with van der Waals surface area (Å²) in [6.45, 7) is -0.0253. The zero-order chi connectivity index (χ0) is 17.8. The highest BCUT2D eigenvalue weighted by Gasteiger charge is 2.03. The van der Waals surface area contributed by atoms with Crippen LogP contribution < -0.4 is 10.2 Å². The molecule has 25 heavy (non-hydrogen) atoms. The van der Waals surface area contributed by atoms with Crippen LogP contribution in [0.1, 0.15) is 5.56 Å². The van der Waals surface area contributed by atoms with Crippen molar-refractivity contribution in [2.45, 2.75) is 0 Å². The fourth-order valence-corrected chi connectivity index (χ4v) is 3.60. The zero-order valence-corrected chi connectivity index (χ0v) is 15.7. The molecule has 0 fully saturated rings. The number of fused-ring (bicyclic) bond motifs is 1. The highest BCUT2D eigenvalue weighted by atomic mass is 79.9. The van der Waals surface area contributed by atoms with E-state index in [-0.39, 0.29) is 18.2 Å². The monoisotopic (exact) mass is 418 g/mol. The molecule has 2 aromatic carbocycles. The minimum absolute atomic E-state index is 0.0253. The van der Waals surface area contributed by atoms with Gasteiger partial charge in [-0.1, -0.05) is 39.4 Å². The van der Waals surface area contributed by atoms with Crippen LogP contribution >= 0.6 is 27.3 Å². The second kappa shape index (κ2) is 7.62. The Balaban J connectivity index is 1.67. The van der Waals surface area contributed by atoms with Gasteiger partial charge < -0.3 is 9.67 Å². The van der Waals surface area contributed by atoms with Crippen LogP contribution in [0.15, 0.2) is 57.0 Å². The maximum atomic E-state index is 11.9. The summed E-state index contributed by atoms with van der Waals surface area (Å²) in [6.07, 6.45) is 1.39. The van der Waals surface area contributed by atoms with E-state index in [1.807, 2.05) is 35.9 Å². The molecule has 0 aliphatic rings. The van der Waals surface area contributed by atoms with E-state index in [9.17, 15) is 9.90 Å². The number of amides is 1. The normalized spacial score (nSPS) is 12.2. The second-order valence-corrected chi connectivity index (χ2v) is 7.15. The molecule has 8 heteroatoms. The van der Waals surface area contributed by atoms with Crippen molar-refractivity contribution in [2.24, 2.45) is 17.1 Å². The summed E-state index contributed by atoms with van der Waals surface area (Å²) >= 11 is 4.84. The average Bonchev–Trinajstić information content (AvgIpc) is 2.92. The zero-order valence-electron chi connectivity index (χ0n) is 13.3. The molecule has 0 aliphatic carbocycles. The third kappa shape index (κ3) is 4.15. The van der Waals surface area contributed by atoms with Gasteiger partial charge in [-0.3, -0.25) is 4.79 Å². The van der Waals surface area contributed by atoms with Crippen molar-refractivity contribution in [1.82, 2.24) is 9.99 Å². The molecule has 0 atom stereocenters. The SMILES string of the molecule is Cn1c(=NCC(=O)NN=Cc2cc(Br)ccc2O)sc2ccccc21. The molecule has 1 amide bonds. The minimum Gasteiger partial charge on any atom is -0.507 e. The van der Waals surface area contributed by atoms with Gasteiger partial charge in [-0.15, -0.1) is 0 Å². The lowest BCUT2D eigenvalue weighted by molar-refractivity contribution is -0.119. The number of benzene rings is 2. The number of phenols is 1. The van der Waals surface area contributed by atoms with Gasteiger partial charge in [0.1, 0.15) is 12.3 Å². The molecule has 1 aromatic heterocycles. The first kappa shape index (κ1) is 17.4. The summed E-state index contributed by atoms with van der Waals surface area (Å²) in [5, 5.41) is 13.6. The molecule has 0 radical (unpaired) electrons. The Morgan fingerprint density at radius 2 is 2.16 bits per heavy atom. The van der Waals surface area contributed by atoms with Crippen LogP contribution in [0.3, 0.4) is 0 Å². The largest absolute Gasteiger partial charge is 0.507 e. The second-order valence-electron chi connectivity index (χ2n) is 5.22. The molecule has 3 rings (SSSR count). The number of thiazole rings is 1. The average molecular weight is 419 g/mol. The first-order chi connectivity index (χ1) is 12.0. The number of aryl methyl sites for hydroxylation is 1. The Bertz CT molecular complexity index is 1020. The Kier molecular flexibility index (Phi) is 5.30. The van der Waals surface area contributed by atoms with Crippen LogP contribution in [0, 0.1) is 0 Å². The van der Waals surface area contributed by atoms with E-state index in [0.717, 1.165) is 19.5 Å². The molecular formula is C17H15BrN4O2S. The molecule has 0 saturated carbocycles. The van der Waals surface area contributed by atoms with Gasteiger partial charge in [-0.05, 0) is 30.3 Å². The molecular weight excluding hydrogens is 404 g/mol. The number of rotatable bonds is 4. The summed E-state index contributed by atoms with van der Waals surface area (Å²) in [6, 6.07) is 12.9. The van der Waals surface area contributed by atoms with Crippen molar-refractivity contribution in [3.05, 3.63) is 57.3 Å². The molecule has 0 saturated heterocycles. The standard InChI is InChI=1S/C17H15BrN4O2S/c1-22-13-4-2-3-5-15(13)25-17(22)19-10-16(24)21-20-9-11-8-12(18)6-7-14(11)23/h2-9,23H,10H2,1H3,(H,21,24). The Hall–Kier alpha value is -2.45. The fraction of sp³-hybridized carbons (Fsp3) is 0.118. The highest BCUT2D eigenvalue weighted by molar-refractivity contribution is 9.10. The number of aromatic hydroxyl groups is 1. The smallest absolute Gasteiger partial charge is 0.261 e. The summed E-state index contributed by atoms with van der Waals surface area (Å²) < 4.78 is 3.88. The first-order valence-electron chi connectivity index (χ1n) is 7.40. The maximum Gasteiger partial charge on any atom is 0.261 e. The van der Waals surface area contributed by atoms with E-state index in [2.05, 4.69) is 31.4 Å². The Labute approximate surface area is 156 Å². The molecule has 0 aliphatic heterocycles. The lowest BCUT2D eigenvalue weighted by Gasteiger charge is -1.99. The topological polar surface area (TPSA) is 79.0 Å². The van der Waals surface area contributed by atoms with Crippen molar-refractivity contribution in [3.63, 3.8) is 0 Å². The molecule has 6 nitrogen and oxygen atoms in total. The predicted octanol–water partition coefficient (Wildman–Crippen LogP) is 2.76. The van der Waals surface area contributed by atoms with E-state index in [1.54, 1.807) is 18.2 Å². The van der Waals surface area contributed by atoms with E-state index in [0.29, 0.717) is 5.56 Å². The van der Waals surface area contributed by atoms with E-state index >= 15 is 0 Å². The van der Waals surface area contributed by atoms with Crippen molar-refractivity contribution in [1.29, 1.82) is 0 Å². The van der Waals surface area contributed by atoms with E-state index < -0.39 is 0 Å². The van der Waals surface area contributed by atoms with Crippen LogP contribution in [-0.2, 0) is 11.8 Å². The number of halogens is 1. The minimum atomic E-state index is -0.330. The van der Waals surface area contributed by atoms with E-state index in [1.165, 1.54) is 17.6 Å². The number of hydrazone groups is 1. The number of carbonyl (C=O) groups excluding carboxylic acids is 1. The van der Waals surface area contributed by atoms with Crippen LogP contribution in [0.2, 0.25) is 0 Å². The maximum absolute atomic E-state index is 11.9. The van der Waals surface area contributed by atoms with Gasteiger partial charge in [-0.2, -0.15) is 5.10 Å². The molecule has 0 unspecified atom stereocenters. The van der Waals surface area contributed by atoms with Crippen molar-refractivity contribution in [3.8, 4) is 5.75 Å². The van der Waals surface area contributed by atoms with Gasteiger partial charge in [-0.25, -0.2) is 10.4 Å². The van der Waals surface area contributed by atoms with Gasteiger partial charge in [0.25, 0.3) is 5.91 Å². The summed E-state index contributed by atoms with van der Waals surface area (Å²) in [5.41, 5.74) is 3.99. The predicted molar refractivity (Wildman–Crippen MR) is 103 cm³/mol. The van der Waals surface area contributed by atoms with Gasteiger partial charge in [0, 0.05) is 17.1 Å². The van der Waals surface area contributed by atoms with Gasteiger partial charge in [0.15, 0.2) is 4.80 Å². The number of aromatic nitrogens is 1. The first-order valence-corrected chi connectivity index (χ1v) is 9.01. The summed E-state index contributed by atoms with van der Waals surface area (Å²) in [5.74, 6) is -0.244. The van der Waals surface area contributed by atoms with Gasteiger partial charge >= 0.3 is 0 Å². The number of carbonyl (C=O) groups is 1. The number of nitrogens with zero attached hydrogens (tertiary/aromatic N) is 3. The highest BCUT2D eigenvalue weighted by Crippen LogP contribution is 2.19. The summed E-state index contributed by atoms with van der Waals surface area (Å²) in [7, 11) is 1.92. The number of hydrogen-bond acceptors (Lipinski definition) is 5. The van der Waals surface area contributed by atoms with Crippen molar-refractivity contribution in [2.75, 3.05) is 6.54 Å². The van der Waals surface area contributed by atoms with Gasteiger partial charge in [0.05, 0.1) is 16.4 Å². The molecule has 1 heterocycles. The van der Waals surface area contributed by atoms with E-state index in [4.69, 9.17) is 0 Å². The molecule has 2 N–H and O–H groups in total. The molecule has 0 spiro atoms. The van der Waals surface area contributed by atoms with Crippen LogP contribution in [0.25, 0.3) is 10.2 Å². The number of hydrogen-bond donors (Lipinski definition) is 2. The summed E-state index contributed by atoms with van der Waals surface area (Å²) in [4.78, 5) is 17.0. The molecule has 0 bridgehead atoms. The molecule has 128 valence electrons. The fourth-order valence-electron chi connectivity index (χ4n) is 2.21. The molecule has 3 aromatic rings. The number of phenolic OH excluding ortho intramolecular Hbond substituents is 1. The van der Waals surface area contributed by atoms with Crippen LogP contribution in [-0.4, -0.2) is 28.3 Å². The van der Waals surface area contributed by atoms with Crippen LogP contribution in [0.4, 0.5) is 0 Å². The quantitative estimate of drug-likeness (QED) is 0.504. The van der Waals surface area contributed by atoms with Gasteiger partial charge in [0.2, 0.25) is 0 Å². The third-order valence-electron chi connectivity index (χ3n) is 3.46. The van der Waals surface area contributed by atoms with Crippen molar-refractivity contribution < 1.29 is 9.90 Å². The van der Waals surface area contributed by atoms with Crippen molar-refractivity contribution >= 4 is 49.6 Å². The third-order valence-corrected chi connectivity index (χ3v) is 5.10. The lowest BCUT2D eigenvalue weighted by atomic mass is 10.2. The Morgan fingerprint density at radius 1 is 1.36 bits per heavy atom.